The van der Waals surface area contributed by atoms with Crippen LogP contribution in [0.5, 0.6) is 5.75 Å². The van der Waals surface area contributed by atoms with Crippen molar-refractivity contribution in [1.29, 1.82) is 0 Å². The molecular formula is C11H7N3O6S2. The highest BCUT2D eigenvalue weighted by atomic mass is 32.2. The number of nitro benzene ring substituents is 2. The Bertz CT molecular complexity index is 760. The number of thioether (sulfide) groups is 1. The summed E-state index contributed by atoms with van der Waals surface area (Å²) in [4.78, 5) is 31.7. The zero-order valence-electron chi connectivity index (χ0n) is 10.6. The van der Waals surface area contributed by atoms with Crippen molar-refractivity contribution in [3.8, 4) is 5.75 Å². The summed E-state index contributed by atoms with van der Waals surface area (Å²) < 4.78 is 0.218. The zero-order chi connectivity index (χ0) is 16.6. The minimum Gasteiger partial charge on any atom is -0.502 e. The van der Waals surface area contributed by atoms with Crippen molar-refractivity contribution in [1.82, 2.24) is 0 Å². The van der Waals surface area contributed by atoms with Gasteiger partial charge in [-0.15, -0.1) is 0 Å². The van der Waals surface area contributed by atoms with Gasteiger partial charge in [0, 0.05) is 11.6 Å². The van der Waals surface area contributed by atoms with Gasteiger partial charge in [-0.3, -0.25) is 25.0 Å². The lowest BCUT2D eigenvalue weighted by molar-refractivity contribution is -0.394. The smallest absolute Gasteiger partial charge is 0.318 e. The molecule has 1 heterocycles. The fourth-order valence-electron chi connectivity index (χ4n) is 1.70. The first-order valence-electron chi connectivity index (χ1n) is 5.61. The lowest BCUT2D eigenvalue weighted by Gasteiger charge is -2.02. The number of hydrogen-bond acceptors (Lipinski definition) is 9. The van der Waals surface area contributed by atoms with Gasteiger partial charge < -0.3 is 10.8 Å². The molecule has 0 radical (unpaired) electrons. The van der Waals surface area contributed by atoms with E-state index in [0.717, 1.165) is 23.9 Å². The fourth-order valence-corrected chi connectivity index (χ4v) is 2.95. The molecule has 1 aromatic rings. The van der Waals surface area contributed by atoms with Crippen molar-refractivity contribution in [2.75, 3.05) is 0 Å². The summed E-state index contributed by atoms with van der Waals surface area (Å²) in [6.07, 6.45) is 1.10. The Morgan fingerprint density at radius 2 is 1.95 bits per heavy atom. The number of nitrogens with two attached hydrogens (primary N) is 1. The second-order valence-corrected chi connectivity index (χ2v) is 5.97. The summed E-state index contributed by atoms with van der Waals surface area (Å²) in [5, 5.41) is 31.5. The average Bonchev–Trinajstić information content (AvgIpc) is 2.68. The zero-order valence-corrected chi connectivity index (χ0v) is 12.2. The Kier molecular flexibility index (Phi) is 4.21. The number of aromatic hydroxyl groups is 1. The number of nitrogens with zero attached hydrogens (tertiary/aromatic N) is 2. The van der Waals surface area contributed by atoms with Gasteiger partial charge in [-0.05, 0) is 6.08 Å². The van der Waals surface area contributed by atoms with E-state index in [4.69, 9.17) is 18.0 Å². The van der Waals surface area contributed by atoms with Crippen LogP contribution >= 0.6 is 24.0 Å². The number of hydrogen-bond donors (Lipinski definition) is 2. The van der Waals surface area contributed by atoms with E-state index >= 15 is 0 Å². The first-order chi connectivity index (χ1) is 10.2. The number of thiocarbonyl (C=S) groups is 1. The molecule has 0 aliphatic carbocycles. The number of rotatable bonds is 3. The highest BCUT2D eigenvalue weighted by Gasteiger charge is 2.33. The van der Waals surface area contributed by atoms with Gasteiger partial charge in [-0.1, -0.05) is 24.0 Å². The van der Waals surface area contributed by atoms with Crippen LogP contribution < -0.4 is 5.73 Å². The molecule has 1 aromatic carbocycles. The highest BCUT2D eigenvalue weighted by molar-refractivity contribution is 8.27. The molecule has 2 rings (SSSR count). The Morgan fingerprint density at radius 1 is 1.32 bits per heavy atom. The molecule has 0 amide bonds. The van der Waals surface area contributed by atoms with Gasteiger partial charge in [0.1, 0.15) is 6.04 Å². The molecule has 1 saturated heterocycles. The number of nitro groups is 2. The molecule has 1 unspecified atom stereocenters. The van der Waals surface area contributed by atoms with Crippen molar-refractivity contribution in [3.05, 3.63) is 42.8 Å². The molecular weight excluding hydrogens is 334 g/mol. The lowest BCUT2D eigenvalue weighted by atomic mass is 10.1. The first kappa shape index (κ1) is 16.0. The molecule has 11 heteroatoms. The van der Waals surface area contributed by atoms with Crippen LogP contribution in [-0.4, -0.2) is 31.0 Å². The molecule has 22 heavy (non-hydrogen) atoms. The Labute approximate surface area is 132 Å². The first-order valence-corrected chi connectivity index (χ1v) is 6.84. The quantitative estimate of drug-likeness (QED) is 0.361. The van der Waals surface area contributed by atoms with E-state index in [0.29, 0.717) is 6.07 Å². The Balaban J connectivity index is 2.60. The predicted molar refractivity (Wildman–Crippen MR) is 82.6 cm³/mol. The van der Waals surface area contributed by atoms with Crippen molar-refractivity contribution in [2.24, 2.45) is 5.73 Å². The number of benzene rings is 1. The van der Waals surface area contributed by atoms with Crippen LogP contribution in [0.15, 0.2) is 17.0 Å². The van der Waals surface area contributed by atoms with Crippen LogP contribution in [-0.2, 0) is 4.79 Å². The minimum absolute atomic E-state index is 0.0580. The molecule has 0 spiro atoms. The molecule has 1 aliphatic rings. The van der Waals surface area contributed by atoms with Crippen LogP contribution in [0.4, 0.5) is 11.4 Å². The van der Waals surface area contributed by atoms with Crippen LogP contribution in [0, 0.1) is 20.2 Å². The van der Waals surface area contributed by atoms with Crippen LogP contribution in [0.3, 0.4) is 0 Å². The highest BCUT2D eigenvalue weighted by Crippen LogP contribution is 2.38. The number of phenolic OH excluding ortho intramolecular Hbond substituents is 1. The normalized spacial score (nSPS) is 19.7. The predicted octanol–water partition coefficient (Wildman–Crippen LogP) is 1.52. The summed E-state index contributed by atoms with van der Waals surface area (Å²) in [6.45, 7) is 0. The Hall–Kier alpha value is -2.37. The van der Waals surface area contributed by atoms with Crippen LogP contribution in [0.25, 0.3) is 6.08 Å². The van der Waals surface area contributed by atoms with Crippen molar-refractivity contribution < 1.29 is 19.7 Å². The minimum atomic E-state index is -0.984. The summed E-state index contributed by atoms with van der Waals surface area (Å²) in [6, 6.07) is 0.579. The van der Waals surface area contributed by atoms with Gasteiger partial charge >= 0.3 is 5.69 Å². The van der Waals surface area contributed by atoms with E-state index in [2.05, 4.69) is 0 Å². The number of carbonyl (C=O) groups is 1. The Morgan fingerprint density at radius 3 is 2.41 bits per heavy atom. The van der Waals surface area contributed by atoms with Crippen LogP contribution in [0.2, 0.25) is 0 Å². The SMILES string of the molecule is NC1C(=O)C(=Cc2cc([N+](=O)[O-])cc([N+](=O)[O-])c2O)SC1=S. The van der Waals surface area contributed by atoms with Crippen molar-refractivity contribution >= 4 is 51.4 Å². The van der Waals surface area contributed by atoms with E-state index < -0.39 is 38.8 Å². The third kappa shape index (κ3) is 2.81. The fraction of sp³-hybridized carbons (Fsp3) is 0.0909. The second kappa shape index (κ2) is 5.79. The second-order valence-electron chi connectivity index (χ2n) is 4.19. The summed E-state index contributed by atoms with van der Waals surface area (Å²) in [7, 11) is 0. The molecule has 1 aliphatic heterocycles. The van der Waals surface area contributed by atoms with Gasteiger partial charge in [-0.25, -0.2) is 0 Å². The van der Waals surface area contributed by atoms with Gasteiger partial charge in [0.25, 0.3) is 5.69 Å². The summed E-state index contributed by atoms with van der Waals surface area (Å²) >= 11 is 5.76. The molecule has 1 atom stereocenters. The maximum atomic E-state index is 11.8. The van der Waals surface area contributed by atoms with E-state index in [9.17, 15) is 30.1 Å². The summed E-state index contributed by atoms with van der Waals surface area (Å²) in [5.41, 5.74) is 3.89. The third-order valence-corrected chi connectivity index (χ3v) is 4.29. The van der Waals surface area contributed by atoms with Gasteiger partial charge in [0.15, 0.2) is 5.78 Å². The van der Waals surface area contributed by atoms with E-state index in [1.807, 2.05) is 0 Å². The van der Waals surface area contributed by atoms with E-state index in [1.54, 1.807) is 0 Å². The van der Waals surface area contributed by atoms with Crippen LogP contribution in [0.1, 0.15) is 5.56 Å². The molecule has 0 aromatic heterocycles. The molecule has 1 fully saturated rings. The average molecular weight is 341 g/mol. The number of ketones is 1. The van der Waals surface area contributed by atoms with Crippen molar-refractivity contribution in [2.45, 2.75) is 6.04 Å². The van der Waals surface area contributed by atoms with Crippen molar-refractivity contribution in [3.63, 3.8) is 0 Å². The van der Waals surface area contributed by atoms with Gasteiger partial charge in [0.2, 0.25) is 5.75 Å². The summed E-state index contributed by atoms with van der Waals surface area (Å²) in [5.74, 6) is -1.29. The van der Waals surface area contributed by atoms with E-state index in [-0.39, 0.29) is 14.7 Å². The van der Waals surface area contributed by atoms with Gasteiger partial charge in [0.05, 0.1) is 25.0 Å². The lowest BCUT2D eigenvalue weighted by Crippen LogP contribution is -2.30. The molecule has 0 saturated carbocycles. The number of non-ortho nitro benzene ring substituents is 1. The largest absolute Gasteiger partial charge is 0.502 e. The topological polar surface area (TPSA) is 150 Å². The maximum Gasteiger partial charge on any atom is 0.318 e. The maximum absolute atomic E-state index is 11.8. The third-order valence-electron chi connectivity index (χ3n) is 2.79. The van der Waals surface area contributed by atoms with Gasteiger partial charge in [-0.2, -0.15) is 0 Å². The monoisotopic (exact) mass is 341 g/mol. The number of Topliss-reactive ketones (excluding diaryl/α,β-unsaturated/α-hetero) is 1. The molecule has 3 N–H and O–H groups in total. The molecule has 0 bridgehead atoms. The number of phenols is 1. The standard InChI is InChI=1S/C11H7N3O6S2/c12-8-10(16)7(22-11(8)21)2-4-1-5(13(17)18)3-6(9(4)15)14(19)20/h1-3,8,15H,12H2. The molecule has 9 nitrogen and oxygen atoms in total. The number of carbonyl (C=O) groups excluding carboxylic acids is 1. The molecule has 114 valence electrons. The van der Waals surface area contributed by atoms with E-state index in [1.165, 1.54) is 0 Å².